The molecule has 3 aromatic carbocycles. The maximum Gasteiger partial charge on any atom is 0.323 e. The van der Waals surface area contributed by atoms with E-state index in [4.69, 9.17) is 16.7 Å². The van der Waals surface area contributed by atoms with E-state index in [-0.39, 0.29) is 27.8 Å². The van der Waals surface area contributed by atoms with Crippen LogP contribution in [0, 0.1) is 0 Å². The SMILES string of the molecule is CN(CC(=O)O)C(=O)c1cccc(S(=O)(=O)c2ccc(CCNC[C@H](O)c3cccc(Cl)c3)cc2)c1.Cl. The van der Waals surface area contributed by atoms with Crippen molar-refractivity contribution in [3.05, 3.63) is 94.5 Å². The average molecular weight is 567 g/mol. The molecular weight excluding hydrogens is 539 g/mol. The molecule has 3 aromatic rings. The molecule has 0 unspecified atom stereocenters. The van der Waals surface area contributed by atoms with Gasteiger partial charge in [-0.15, -0.1) is 12.4 Å². The Bertz CT molecular complexity index is 1330. The van der Waals surface area contributed by atoms with Crippen molar-refractivity contribution in [1.82, 2.24) is 10.2 Å². The molecule has 0 aliphatic carbocycles. The number of benzene rings is 3. The highest BCUT2D eigenvalue weighted by atomic mass is 35.5. The van der Waals surface area contributed by atoms with E-state index in [2.05, 4.69) is 5.32 Å². The monoisotopic (exact) mass is 566 g/mol. The van der Waals surface area contributed by atoms with Gasteiger partial charge in [-0.3, -0.25) is 9.59 Å². The molecule has 0 bridgehead atoms. The van der Waals surface area contributed by atoms with E-state index in [0.717, 1.165) is 16.0 Å². The summed E-state index contributed by atoms with van der Waals surface area (Å²) in [6, 6.07) is 19.0. The van der Waals surface area contributed by atoms with Gasteiger partial charge in [-0.1, -0.05) is 41.9 Å². The summed E-state index contributed by atoms with van der Waals surface area (Å²) in [6.07, 6.45) is -0.0644. The third kappa shape index (κ3) is 8.28. The summed E-state index contributed by atoms with van der Waals surface area (Å²) in [5.41, 5.74) is 1.73. The van der Waals surface area contributed by atoms with Gasteiger partial charge in [0.25, 0.3) is 5.91 Å². The zero-order chi connectivity index (χ0) is 26.3. The lowest BCUT2D eigenvalue weighted by Crippen LogP contribution is -2.32. The number of carboxylic acids is 1. The van der Waals surface area contributed by atoms with Gasteiger partial charge in [0.1, 0.15) is 6.54 Å². The number of sulfone groups is 1. The molecule has 1 amide bonds. The molecule has 0 radical (unpaired) electrons. The van der Waals surface area contributed by atoms with Crippen LogP contribution in [0.15, 0.2) is 82.6 Å². The molecule has 8 nitrogen and oxygen atoms in total. The number of likely N-dealkylation sites (N-methyl/N-ethyl adjacent to an activating group) is 1. The number of hydrogen-bond acceptors (Lipinski definition) is 6. The number of carbonyl (C=O) groups excluding carboxylic acids is 1. The number of carbonyl (C=O) groups is 2. The largest absolute Gasteiger partial charge is 0.480 e. The van der Waals surface area contributed by atoms with Crippen molar-refractivity contribution >= 4 is 45.7 Å². The van der Waals surface area contributed by atoms with Crippen LogP contribution in [-0.2, 0) is 21.1 Å². The second-order valence-electron chi connectivity index (χ2n) is 8.26. The van der Waals surface area contributed by atoms with Gasteiger partial charge in [0.2, 0.25) is 9.84 Å². The fraction of sp³-hybridized carbons (Fsp3) is 0.231. The van der Waals surface area contributed by atoms with E-state index in [0.29, 0.717) is 24.5 Å². The molecule has 37 heavy (non-hydrogen) atoms. The van der Waals surface area contributed by atoms with Gasteiger partial charge in [-0.05, 0) is 66.6 Å². The maximum atomic E-state index is 13.1. The molecule has 0 heterocycles. The van der Waals surface area contributed by atoms with Crippen LogP contribution in [0.2, 0.25) is 5.02 Å². The number of rotatable bonds is 11. The minimum atomic E-state index is -3.88. The Kier molecular flexibility index (Phi) is 11.1. The van der Waals surface area contributed by atoms with E-state index in [1.165, 1.54) is 43.4 Å². The quantitative estimate of drug-likeness (QED) is 0.303. The van der Waals surface area contributed by atoms with Crippen LogP contribution in [0.5, 0.6) is 0 Å². The number of hydrogen-bond donors (Lipinski definition) is 3. The Hall–Kier alpha value is -2.95. The van der Waals surface area contributed by atoms with Gasteiger partial charge in [-0.2, -0.15) is 0 Å². The Morgan fingerprint density at radius 1 is 1.00 bits per heavy atom. The lowest BCUT2D eigenvalue weighted by atomic mass is 10.1. The molecular formula is C26H28Cl2N2O6S. The van der Waals surface area contributed by atoms with Crippen molar-refractivity contribution in [2.24, 2.45) is 0 Å². The number of nitrogens with one attached hydrogen (secondary N) is 1. The predicted octanol–water partition coefficient (Wildman–Crippen LogP) is 3.62. The number of nitrogens with zero attached hydrogens (tertiary/aromatic N) is 1. The van der Waals surface area contributed by atoms with Gasteiger partial charge >= 0.3 is 5.97 Å². The fourth-order valence-electron chi connectivity index (χ4n) is 3.57. The summed E-state index contributed by atoms with van der Waals surface area (Å²) < 4.78 is 26.2. The van der Waals surface area contributed by atoms with Crippen LogP contribution in [0.1, 0.15) is 27.6 Å². The number of aliphatic hydroxyl groups is 1. The minimum absolute atomic E-state index is 0. The third-order valence-corrected chi connectivity index (χ3v) is 7.51. The average Bonchev–Trinajstić information content (AvgIpc) is 2.86. The van der Waals surface area contributed by atoms with Gasteiger partial charge < -0.3 is 20.4 Å². The summed E-state index contributed by atoms with van der Waals surface area (Å²) >= 11 is 5.95. The van der Waals surface area contributed by atoms with Crippen molar-refractivity contribution in [1.29, 1.82) is 0 Å². The summed E-state index contributed by atoms with van der Waals surface area (Å²) in [6.45, 7) is 0.437. The van der Waals surface area contributed by atoms with Crippen molar-refractivity contribution in [2.75, 3.05) is 26.7 Å². The van der Waals surface area contributed by atoms with Gasteiger partial charge in [0.15, 0.2) is 0 Å². The third-order valence-electron chi connectivity index (χ3n) is 5.51. The molecule has 0 fully saturated rings. The number of aliphatic hydroxyl groups excluding tert-OH is 1. The first kappa shape index (κ1) is 30.3. The number of carboxylic acid groups (broad SMARTS) is 1. The smallest absolute Gasteiger partial charge is 0.323 e. The Morgan fingerprint density at radius 2 is 1.68 bits per heavy atom. The van der Waals surface area contributed by atoms with Crippen molar-refractivity contribution in [3.63, 3.8) is 0 Å². The topological polar surface area (TPSA) is 124 Å². The first-order valence-electron chi connectivity index (χ1n) is 11.1. The maximum absolute atomic E-state index is 13.1. The Balaban J connectivity index is 0.00000481. The Labute approximate surface area is 227 Å². The lowest BCUT2D eigenvalue weighted by Gasteiger charge is -2.15. The molecule has 1 atom stereocenters. The highest BCUT2D eigenvalue weighted by Crippen LogP contribution is 2.23. The van der Waals surface area contributed by atoms with Crippen LogP contribution in [-0.4, -0.2) is 62.1 Å². The van der Waals surface area contributed by atoms with E-state index < -0.39 is 34.4 Å². The fourth-order valence-corrected chi connectivity index (χ4v) is 5.07. The van der Waals surface area contributed by atoms with Crippen LogP contribution >= 0.6 is 24.0 Å². The lowest BCUT2D eigenvalue weighted by molar-refractivity contribution is -0.137. The molecule has 0 saturated carbocycles. The first-order valence-corrected chi connectivity index (χ1v) is 13.0. The molecule has 0 aromatic heterocycles. The number of halogens is 2. The molecule has 3 N–H and O–H groups in total. The summed E-state index contributed by atoms with van der Waals surface area (Å²) in [5.74, 6) is -1.75. The zero-order valence-electron chi connectivity index (χ0n) is 20.0. The van der Waals surface area contributed by atoms with Gasteiger partial charge in [0, 0.05) is 24.2 Å². The Morgan fingerprint density at radius 3 is 2.32 bits per heavy atom. The van der Waals surface area contributed by atoms with E-state index in [1.807, 2.05) is 0 Å². The van der Waals surface area contributed by atoms with Gasteiger partial charge in [0.05, 0.1) is 15.9 Å². The standard InChI is InChI=1S/C26H27ClN2O6S.ClH/c1-29(17-25(31)32)26(33)20-5-3-7-23(15-20)36(34,35)22-10-8-18(9-11-22)12-13-28-16-24(30)19-4-2-6-21(27)14-19;/h2-11,14-15,24,28,30H,12-13,16-17H2,1H3,(H,31,32);1H/t24-;/m0./s1. The van der Waals surface area contributed by atoms with Crippen molar-refractivity contribution in [3.8, 4) is 0 Å². The molecule has 0 aliphatic rings. The van der Waals surface area contributed by atoms with E-state index in [9.17, 15) is 23.1 Å². The van der Waals surface area contributed by atoms with Crippen LogP contribution in [0.4, 0.5) is 0 Å². The molecule has 0 saturated heterocycles. The molecule has 0 aliphatic heterocycles. The van der Waals surface area contributed by atoms with Crippen LogP contribution < -0.4 is 5.32 Å². The summed E-state index contributed by atoms with van der Waals surface area (Å²) in [4.78, 5) is 24.3. The van der Waals surface area contributed by atoms with E-state index >= 15 is 0 Å². The van der Waals surface area contributed by atoms with Crippen LogP contribution in [0.3, 0.4) is 0 Å². The van der Waals surface area contributed by atoms with Gasteiger partial charge in [-0.25, -0.2) is 8.42 Å². The van der Waals surface area contributed by atoms with E-state index in [1.54, 1.807) is 36.4 Å². The highest BCUT2D eigenvalue weighted by molar-refractivity contribution is 7.91. The highest BCUT2D eigenvalue weighted by Gasteiger charge is 2.21. The predicted molar refractivity (Wildman–Crippen MR) is 143 cm³/mol. The molecule has 0 spiro atoms. The number of aliphatic carboxylic acids is 1. The van der Waals surface area contributed by atoms with Crippen molar-refractivity contribution < 1.29 is 28.2 Å². The van der Waals surface area contributed by atoms with Crippen LogP contribution in [0.25, 0.3) is 0 Å². The van der Waals surface area contributed by atoms with Crippen molar-refractivity contribution in [2.45, 2.75) is 22.3 Å². The second kappa shape index (κ2) is 13.6. The number of amides is 1. The second-order valence-corrected chi connectivity index (χ2v) is 10.6. The first-order chi connectivity index (χ1) is 17.1. The normalized spacial score (nSPS) is 11.9. The molecule has 198 valence electrons. The minimum Gasteiger partial charge on any atom is -0.480 e. The molecule has 11 heteroatoms. The zero-order valence-corrected chi connectivity index (χ0v) is 22.4. The summed E-state index contributed by atoms with van der Waals surface area (Å²) in [5, 5.41) is 22.9. The molecule has 3 rings (SSSR count). The summed E-state index contributed by atoms with van der Waals surface area (Å²) in [7, 11) is -2.54.